The largest absolute Gasteiger partial charge is 0.402 e. The zero-order valence-corrected chi connectivity index (χ0v) is 16.5. The van der Waals surface area contributed by atoms with E-state index in [1.54, 1.807) is 13.8 Å². The number of nitrogens with one attached hydrogen (secondary N) is 2. The first-order chi connectivity index (χ1) is 13.2. The van der Waals surface area contributed by atoms with Gasteiger partial charge in [0.25, 0.3) is 5.91 Å². The topological polar surface area (TPSA) is 123 Å². The molecule has 7 nitrogen and oxygen atoms in total. The fourth-order valence-corrected chi connectivity index (χ4v) is 2.34. The number of Topliss-reactive ketones (excluding diaryl/α,β-unsaturated/α-hetero) is 1. The number of amides is 1. The number of carbonyl (C=O) groups is 2. The Labute approximate surface area is 166 Å². The zero-order valence-electron chi connectivity index (χ0n) is 16.5. The summed E-state index contributed by atoms with van der Waals surface area (Å²) in [5.41, 5.74) is 15.2. The summed E-state index contributed by atoms with van der Waals surface area (Å²) in [6.45, 7) is 10.9. The lowest BCUT2D eigenvalue weighted by Gasteiger charge is -2.10. The highest BCUT2D eigenvalue weighted by Gasteiger charge is 2.14. The number of nitrogens with zero attached hydrogens (tertiary/aromatic N) is 1. The lowest BCUT2D eigenvalue weighted by molar-refractivity contribution is -0.117. The third-order valence-corrected chi connectivity index (χ3v) is 3.89. The van der Waals surface area contributed by atoms with Crippen molar-refractivity contribution < 1.29 is 9.59 Å². The van der Waals surface area contributed by atoms with Gasteiger partial charge in [-0.15, -0.1) is 0 Å². The van der Waals surface area contributed by atoms with Crippen molar-refractivity contribution in [3.63, 3.8) is 0 Å². The maximum absolute atomic E-state index is 12.5. The second-order valence-corrected chi connectivity index (χ2v) is 6.42. The van der Waals surface area contributed by atoms with E-state index in [9.17, 15) is 9.59 Å². The molecule has 150 valence electrons. The lowest BCUT2D eigenvalue weighted by atomic mass is 10.1. The van der Waals surface area contributed by atoms with Gasteiger partial charge in [-0.2, -0.15) is 0 Å². The van der Waals surface area contributed by atoms with E-state index < -0.39 is 5.91 Å². The van der Waals surface area contributed by atoms with Gasteiger partial charge in [-0.25, -0.2) is 4.99 Å². The van der Waals surface area contributed by atoms with Crippen molar-refractivity contribution >= 4 is 17.4 Å². The fraction of sp³-hybridized carbons (Fsp3) is 0.286. The molecule has 0 atom stereocenters. The third-order valence-electron chi connectivity index (χ3n) is 3.89. The number of hydrogen-bond donors (Lipinski definition) is 4. The molecule has 0 aromatic heterocycles. The summed E-state index contributed by atoms with van der Waals surface area (Å²) in [5.74, 6) is -0.266. The summed E-state index contributed by atoms with van der Waals surface area (Å²) < 4.78 is 0. The Morgan fingerprint density at radius 2 is 2.04 bits per heavy atom. The highest BCUT2D eigenvalue weighted by molar-refractivity contribution is 6.45. The molecule has 0 saturated heterocycles. The van der Waals surface area contributed by atoms with E-state index in [-0.39, 0.29) is 11.5 Å². The first-order valence-corrected chi connectivity index (χ1v) is 8.93. The van der Waals surface area contributed by atoms with E-state index in [2.05, 4.69) is 28.8 Å². The number of nitrogens with two attached hydrogens (primary N) is 2. The maximum Gasteiger partial charge on any atom is 0.272 e. The predicted molar refractivity (Wildman–Crippen MR) is 114 cm³/mol. The van der Waals surface area contributed by atoms with Gasteiger partial charge in [0.15, 0.2) is 5.71 Å². The molecule has 0 aliphatic heterocycles. The number of allylic oxidation sites excluding steroid dienone is 4. The molecule has 0 bridgehead atoms. The number of aliphatic imine (C=N–C) groups is 1. The molecule has 1 aliphatic carbocycles. The van der Waals surface area contributed by atoms with Gasteiger partial charge < -0.3 is 26.9 Å². The molecule has 0 unspecified atom stereocenters. The van der Waals surface area contributed by atoms with E-state index in [4.69, 9.17) is 11.5 Å². The van der Waals surface area contributed by atoms with E-state index in [0.717, 1.165) is 16.8 Å². The van der Waals surface area contributed by atoms with Crippen molar-refractivity contribution in [2.75, 3.05) is 6.54 Å². The van der Waals surface area contributed by atoms with Crippen molar-refractivity contribution in [1.29, 1.82) is 0 Å². The molecule has 0 spiro atoms. The van der Waals surface area contributed by atoms with Gasteiger partial charge in [-0.05, 0) is 31.4 Å². The molecular formula is C21H29N5O2. The van der Waals surface area contributed by atoms with E-state index >= 15 is 0 Å². The molecule has 28 heavy (non-hydrogen) atoms. The minimum absolute atomic E-state index is 0.116. The summed E-state index contributed by atoms with van der Waals surface area (Å²) in [4.78, 5) is 27.7. The summed E-state index contributed by atoms with van der Waals surface area (Å²) in [6, 6.07) is 0. The van der Waals surface area contributed by atoms with Crippen molar-refractivity contribution in [2.45, 2.75) is 33.1 Å². The van der Waals surface area contributed by atoms with Gasteiger partial charge in [0.05, 0.1) is 5.70 Å². The summed E-state index contributed by atoms with van der Waals surface area (Å²) >= 11 is 0. The van der Waals surface area contributed by atoms with Gasteiger partial charge in [-0.3, -0.25) is 4.79 Å². The number of hydrogen-bond acceptors (Lipinski definition) is 6. The Balaban J connectivity index is 2.73. The van der Waals surface area contributed by atoms with Gasteiger partial charge in [0.2, 0.25) is 0 Å². The SMILES string of the molecule is C=CN=C(C(=C)N/C=C(\C)N)C(=O)NCC1=CCC(N)=C(CCC(C)=O)C=C1. The van der Waals surface area contributed by atoms with Crippen molar-refractivity contribution in [2.24, 2.45) is 16.5 Å². The molecule has 0 aromatic carbocycles. The Morgan fingerprint density at radius 3 is 2.64 bits per heavy atom. The molecule has 6 N–H and O–H groups in total. The molecule has 0 heterocycles. The molecule has 0 aromatic rings. The average molecular weight is 383 g/mol. The van der Waals surface area contributed by atoms with Gasteiger partial charge in [0, 0.05) is 43.2 Å². The van der Waals surface area contributed by atoms with Crippen LogP contribution in [0.3, 0.4) is 0 Å². The normalized spacial score (nSPS) is 14.9. The Kier molecular flexibility index (Phi) is 9.22. The first kappa shape index (κ1) is 22.7. The number of ketones is 1. The van der Waals surface area contributed by atoms with Crippen LogP contribution < -0.4 is 22.1 Å². The minimum Gasteiger partial charge on any atom is -0.402 e. The first-order valence-electron chi connectivity index (χ1n) is 8.93. The highest BCUT2D eigenvalue weighted by atomic mass is 16.2. The van der Waals surface area contributed by atoms with Gasteiger partial charge >= 0.3 is 0 Å². The van der Waals surface area contributed by atoms with Crippen molar-refractivity contribution in [1.82, 2.24) is 10.6 Å². The Bertz CT molecular complexity index is 794. The van der Waals surface area contributed by atoms with Crippen LogP contribution in [-0.2, 0) is 9.59 Å². The van der Waals surface area contributed by atoms with Crippen LogP contribution in [0.15, 0.2) is 77.0 Å². The molecule has 1 amide bonds. The molecule has 0 radical (unpaired) electrons. The van der Waals surface area contributed by atoms with E-state index in [0.29, 0.717) is 37.2 Å². The van der Waals surface area contributed by atoms with E-state index in [1.165, 1.54) is 12.4 Å². The van der Waals surface area contributed by atoms with Crippen molar-refractivity contribution in [3.05, 3.63) is 72.0 Å². The third kappa shape index (κ3) is 7.90. The van der Waals surface area contributed by atoms with Crippen LogP contribution in [0.5, 0.6) is 0 Å². The molecule has 0 fully saturated rings. The second-order valence-electron chi connectivity index (χ2n) is 6.42. The summed E-state index contributed by atoms with van der Waals surface area (Å²) in [5, 5.41) is 5.64. The van der Waals surface area contributed by atoms with Gasteiger partial charge in [0.1, 0.15) is 5.78 Å². The van der Waals surface area contributed by atoms with E-state index in [1.807, 2.05) is 18.2 Å². The molecule has 7 heteroatoms. The number of carbonyl (C=O) groups excluding carboxylic acids is 2. The van der Waals surface area contributed by atoms with Crippen molar-refractivity contribution in [3.8, 4) is 0 Å². The van der Waals surface area contributed by atoms with Crippen LogP contribution in [0.1, 0.15) is 33.1 Å². The molecule has 1 aliphatic rings. The average Bonchev–Trinajstić information content (AvgIpc) is 2.81. The summed E-state index contributed by atoms with van der Waals surface area (Å²) in [7, 11) is 0. The highest BCUT2D eigenvalue weighted by Crippen LogP contribution is 2.18. The standard InChI is InChI=1S/C21H29N5O2/c1-5-24-20(16(4)25-12-14(2)22)21(28)26-13-17-7-10-18(9-6-15(3)27)19(23)11-8-17/h5,7-8,10,12,25H,1,4,6,9,11,13,22-23H2,2-3H3,(H,26,28)/b14-12+,24-20?. The monoisotopic (exact) mass is 383 g/mol. The molecule has 1 rings (SSSR count). The lowest BCUT2D eigenvalue weighted by Crippen LogP contribution is -2.35. The van der Waals surface area contributed by atoms with Crippen LogP contribution in [0, 0.1) is 0 Å². The summed E-state index contributed by atoms with van der Waals surface area (Å²) in [6.07, 6.45) is 10.2. The smallest absolute Gasteiger partial charge is 0.272 e. The zero-order chi connectivity index (χ0) is 21.1. The quantitative estimate of drug-likeness (QED) is 0.430. The predicted octanol–water partition coefficient (Wildman–Crippen LogP) is 2.08. The Morgan fingerprint density at radius 1 is 1.32 bits per heavy atom. The minimum atomic E-state index is -0.392. The molecular weight excluding hydrogens is 354 g/mol. The van der Waals surface area contributed by atoms with Crippen LogP contribution >= 0.6 is 0 Å². The Hall–Kier alpha value is -3.35. The van der Waals surface area contributed by atoms with Crippen LogP contribution in [0.4, 0.5) is 0 Å². The molecule has 0 saturated carbocycles. The maximum atomic E-state index is 12.5. The fourth-order valence-electron chi connectivity index (χ4n) is 2.34. The van der Waals surface area contributed by atoms with Crippen LogP contribution in [0.2, 0.25) is 0 Å². The van der Waals surface area contributed by atoms with Crippen LogP contribution in [0.25, 0.3) is 0 Å². The van der Waals surface area contributed by atoms with Crippen LogP contribution in [-0.4, -0.2) is 23.9 Å². The number of rotatable bonds is 10. The second kappa shape index (κ2) is 11.4. The van der Waals surface area contributed by atoms with Gasteiger partial charge in [-0.1, -0.05) is 31.4 Å².